The van der Waals surface area contributed by atoms with E-state index >= 15 is 0 Å². The van der Waals surface area contributed by atoms with Gasteiger partial charge in [-0.2, -0.15) is 5.10 Å². The van der Waals surface area contributed by atoms with Gasteiger partial charge in [-0.05, 0) is 38.1 Å². The van der Waals surface area contributed by atoms with E-state index in [9.17, 15) is 9.90 Å². The molecule has 2 N–H and O–H groups in total. The van der Waals surface area contributed by atoms with Gasteiger partial charge < -0.3 is 9.84 Å². The molecule has 6 nitrogen and oxygen atoms in total. The topological polar surface area (TPSA) is 74.2 Å². The van der Waals surface area contributed by atoms with Gasteiger partial charge in [-0.3, -0.25) is 9.69 Å². The second-order valence-corrected chi connectivity index (χ2v) is 5.45. The first-order valence-electron chi connectivity index (χ1n) is 7.80. The second kappa shape index (κ2) is 8.95. The molecule has 1 aliphatic rings. The zero-order valence-corrected chi connectivity index (χ0v) is 13.2. The number of carbonyl (C=O) groups is 1. The van der Waals surface area contributed by atoms with Gasteiger partial charge in [0.15, 0.2) is 0 Å². The molecule has 0 saturated carbocycles. The monoisotopic (exact) mass is 317 g/mol. The number of nitrogens with zero attached hydrogens (tertiary/aromatic N) is 2. The lowest BCUT2D eigenvalue weighted by molar-refractivity contribution is -0.122. The highest BCUT2D eigenvalue weighted by atomic mass is 16.5. The van der Waals surface area contributed by atoms with Crippen molar-refractivity contribution in [3.05, 3.63) is 36.4 Å². The highest BCUT2D eigenvalue weighted by Gasteiger charge is 2.13. The number of hydrogen-bond acceptors (Lipinski definition) is 5. The van der Waals surface area contributed by atoms with E-state index < -0.39 is 0 Å². The van der Waals surface area contributed by atoms with Crippen molar-refractivity contribution in [1.82, 2.24) is 10.3 Å². The molecule has 1 fully saturated rings. The molecule has 0 aromatic heterocycles. The quantitative estimate of drug-likeness (QED) is 0.457. The summed E-state index contributed by atoms with van der Waals surface area (Å²) in [5.41, 5.74) is 3.00. The zero-order chi connectivity index (χ0) is 16.5. The van der Waals surface area contributed by atoms with Gasteiger partial charge in [0.1, 0.15) is 18.1 Å². The summed E-state index contributed by atoms with van der Waals surface area (Å²) in [5.74, 6) is 0.447. The van der Waals surface area contributed by atoms with Crippen molar-refractivity contribution in [3.63, 3.8) is 0 Å². The second-order valence-electron chi connectivity index (χ2n) is 5.45. The number of piperidine rings is 1. The third-order valence-corrected chi connectivity index (χ3v) is 3.58. The van der Waals surface area contributed by atoms with E-state index in [2.05, 4.69) is 22.0 Å². The van der Waals surface area contributed by atoms with Gasteiger partial charge in [0.05, 0.1) is 12.8 Å². The summed E-state index contributed by atoms with van der Waals surface area (Å²) in [6.45, 7) is 6.22. The molecule has 1 aromatic carbocycles. The molecule has 0 aliphatic carbocycles. The number of rotatable bonds is 7. The summed E-state index contributed by atoms with van der Waals surface area (Å²) in [5, 5.41) is 13.8. The lowest BCUT2D eigenvalue weighted by Crippen LogP contribution is -2.38. The van der Waals surface area contributed by atoms with E-state index in [-0.39, 0.29) is 11.7 Å². The molecule has 0 spiro atoms. The molecule has 1 aliphatic heterocycles. The molecule has 23 heavy (non-hydrogen) atoms. The predicted octanol–water partition coefficient (Wildman–Crippen LogP) is 1.89. The molecule has 2 rings (SSSR count). The van der Waals surface area contributed by atoms with Gasteiger partial charge in [0, 0.05) is 11.6 Å². The number of aromatic hydroxyl groups is 1. The standard InChI is InChI=1S/C17H23N3O3/c1-2-10-23-15-7-6-14(16(21)11-15)12-18-19-17(22)13-20-8-4-3-5-9-20/h2,6-7,11-12,21H,1,3-5,8-10,13H2,(H,19,22). The first-order chi connectivity index (χ1) is 11.2. The van der Waals surface area contributed by atoms with Crippen LogP contribution in [0.5, 0.6) is 11.5 Å². The fourth-order valence-corrected chi connectivity index (χ4v) is 2.41. The lowest BCUT2D eigenvalue weighted by Gasteiger charge is -2.25. The number of hydrazone groups is 1. The van der Waals surface area contributed by atoms with Crippen LogP contribution in [0.1, 0.15) is 24.8 Å². The minimum Gasteiger partial charge on any atom is -0.507 e. The van der Waals surface area contributed by atoms with Crippen molar-refractivity contribution in [3.8, 4) is 11.5 Å². The Bertz CT molecular complexity index is 566. The van der Waals surface area contributed by atoms with Crippen LogP contribution in [0.3, 0.4) is 0 Å². The number of phenols is 1. The van der Waals surface area contributed by atoms with E-state index in [4.69, 9.17) is 4.74 Å². The molecule has 0 radical (unpaired) electrons. The van der Waals surface area contributed by atoms with E-state index in [1.165, 1.54) is 18.7 Å². The van der Waals surface area contributed by atoms with Gasteiger partial charge in [-0.25, -0.2) is 5.43 Å². The molecule has 6 heteroatoms. The van der Waals surface area contributed by atoms with Gasteiger partial charge in [0.25, 0.3) is 5.91 Å². The van der Waals surface area contributed by atoms with Crippen molar-refractivity contribution in [2.24, 2.45) is 5.10 Å². The van der Waals surface area contributed by atoms with Crippen molar-refractivity contribution in [2.45, 2.75) is 19.3 Å². The normalized spacial score (nSPS) is 15.5. The maximum absolute atomic E-state index is 11.8. The van der Waals surface area contributed by atoms with Crippen molar-refractivity contribution in [2.75, 3.05) is 26.2 Å². The Morgan fingerprint density at radius 2 is 2.17 bits per heavy atom. The van der Waals surface area contributed by atoms with E-state index in [1.807, 2.05) is 0 Å². The summed E-state index contributed by atoms with van der Waals surface area (Å²) in [7, 11) is 0. The minimum atomic E-state index is -0.145. The van der Waals surface area contributed by atoms with Crippen LogP contribution in [0.4, 0.5) is 0 Å². The Kier molecular flexibility index (Phi) is 6.62. The van der Waals surface area contributed by atoms with Crippen LogP contribution in [0.25, 0.3) is 0 Å². The third kappa shape index (κ3) is 5.75. The van der Waals surface area contributed by atoms with Crippen LogP contribution in [-0.2, 0) is 4.79 Å². The summed E-state index contributed by atoms with van der Waals surface area (Å²) < 4.78 is 5.32. The molecule has 1 heterocycles. The number of amides is 1. The zero-order valence-electron chi connectivity index (χ0n) is 13.2. The fourth-order valence-electron chi connectivity index (χ4n) is 2.41. The average molecular weight is 317 g/mol. The van der Waals surface area contributed by atoms with Crippen LogP contribution in [0.15, 0.2) is 36.0 Å². The number of ether oxygens (including phenoxy) is 1. The molecule has 1 aromatic rings. The molecule has 1 amide bonds. The number of nitrogens with one attached hydrogen (secondary N) is 1. The molecule has 0 unspecified atom stereocenters. The van der Waals surface area contributed by atoms with Crippen LogP contribution in [0, 0.1) is 0 Å². The first-order valence-corrected chi connectivity index (χ1v) is 7.80. The molecule has 124 valence electrons. The summed E-state index contributed by atoms with van der Waals surface area (Å²) >= 11 is 0. The minimum absolute atomic E-state index is 0.0422. The highest BCUT2D eigenvalue weighted by molar-refractivity contribution is 5.85. The number of phenolic OH excluding ortho intramolecular Hbond substituents is 1. The largest absolute Gasteiger partial charge is 0.507 e. The van der Waals surface area contributed by atoms with Gasteiger partial charge in [0.2, 0.25) is 0 Å². The molecule has 0 atom stereocenters. The summed E-state index contributed by atoms with van der Waals surface area (Å²) in [6.07, 6.45) is 6.57. The Morgan fingerprint density at radius 1 is 1.39 bits per heavy atom. The van der Waals surface area contributed by atoms with Gasteiger partial charge >= 0.3 is 0 Å². The highest BCUT2D eigenvalue weighted by Crippen LogP contribution is 2.22. The number of hydrogen-bond donors (Lipinski definition) is 2. The predicted molar refractivity (Wildman–Crippen MR) is 89.8 cm³/mol. The van der Waals surface area contributed by atoms with Crippen LogP contribution in [0.2, 0.25) is 0 Å². The van der Waals surface area contributed by atoms with Crippen LogP contribution >= 0.6 is 0 Å². The fraction of sp³-hybridized carbons (Fsp3) is 0.412. The number of carbonyl (C=O) groups excluding carboxylic acids is 1. The smallest absolute Gasteiger partial charge is 0.254 e. The van der Waals surface area contributed by atoms with Crippen LogP contribution in [-0.4, -0.2) is 48.4 Å². The molecular formula is C17H23N3O3. The van der Waals surface area contributed by atoms with Crippen molar-refractivity contribution < 1.29 is 14.6 Å². The Balaban J connectivity index is 1.82. The Labute approximate surface area is 136 Å². The van der Waals surface area contributed by atoms with Crippen molar-refractivity contribution >= 4 is 12.1 Å². The van der Waals surface area contributed by atoms with E-state index in [1.54, 1.807) is 18.2 Å². The van der Waals surface area contributed by atoms with E-state index in [0.29, 0.717) is 24.5 Å². The van der Waals surface area contributed by atoms with Crippen molar-refractivity contribution in [1.29, 1.82) is 0 Å². The van der Waals surface area contributed by atoms with E-state index in [0.717, 1.165) is 25.9 Å². The SMILES string of the molecule is C=CCOc1ccc(C=NNC(=O)CN2CCCCC2)c(O)c1. The Hall–Kier alpha value is -2.34. The maximum atomic E-state index is 11.8. The molecular weight excluding hydrogens is 294 g/mol. The summed E-state index contributed by atoms with van der Waals surface area (Å²) in [4.78, 5) is 13.9. The van der Waals surface area contributed by atoms with Gasteiger partial charge in [-0.1, -0.05) is 19.1 Å². The van der Waals surface area contributed by atoms with Gasteiger partial charge in [-0.15, -0.1) is 0 Å². The maximum Gasteiger partial charge on any atom is 0.254 e. The third-order valence-electron chi connectivity index (χ3n) is 3.58. The number of likely N-dealkylation sites (tertiary alicyclic amines) is 1. The molecule has 0 bridgehead atoms. The Morgan fingerprint density at radius 3 is 2.87 bits per heavy atom. The summed E-state index contributed by atoms with van der Waals surface area (Å²) in [6, 6.07) is 4.90. The number of benzene rings is 1. The molecule has 1 saturated heterocycles. The lowest BCUT2D eigenvalue weighted by atomic mass is 10.1. The first kappa shape index (κ1) is 17.0. The van der Waals surface area contributed by atoms with Crippen LogP contribution < -0.4 is 10.2 Å². The average Bonchev–Trinajstić information content (AvgIpc) is 2.55.